The molecule has 1 atom stereocenters. The average Bonchev–Trinajstić information content (AvgIpc) is 2.95. The first-order chi connectivity index (χ1) is 10.1. The van der Waals surface area contributed by atoms with E-state index in [1.54, 1.807) is 12.1 Å². The van der Waals surface area contributed by atoms with E-state index in [0.717, 1.165) is 5.56 Å². The van der Waals surface area contributed by atoms with Gasteiger partial charge in [-0.15, -0.1) is 0 Å². The second-order valence-corrected chi connectivity index (χ2v) is 5.83. The fourth-order valence-electron chi connectivity index (χ4n) is 1.92. The Bertz CT molecular complexity index is 857. The number of fused-ring (bicyclic) bond motifs is 1. The van der Waals surface area contributed by atoms with Gasteiger partial charge in [0.2, 0.25) is 5.52 Å². The summed E-state index contributed by atoms with van der Waals surface area (Å²) in [5, 5.41) is 18.1. The summed E-state index contributed by atoms with van der Waals surface area (Å²) >= 11 is 0. The SMILES string of the molecule is Cc1ccc([S@@](=O)c2ccc([N+](=O)[O-])c3nonc23)cc1. The molecule has 0 bridgehead atoms. The molecule has 0 saturated carbocycles. The number of nitro benzene ring substituents is 1. The summed E-state index contributed by atoms with van der Waals surface area (Å²) < 4.78 is 17.1. The fraction of sp³-hybridized carbons (Fsp3) is 0.0769. The highest BCUT2D eigenvalue weighted by Crippen LogP contribution is 2.29. The predicted octanol–water partition coefficient (Wildman–Crippen LogP) is 2.61. The molecule has 1 heterocycles. The van der Waals surface area contributed by atoms with Gasteiger partial charge in [0, 0.05) is 11.0 Å². The summed E-state index contributed by atoms with van der Waals surface area (Å²) in [6.45, 7) is 1.93. The van der Waals surface area contributed by atoms with Crippen molar-refractivity contribution in [1.82, 2.24) is 10.3 Å². The topological polar surface area (TPSA) is 99.1 Å². The first-order valence-electron chi connectivity index (χ1n) is 5.96. The maximum Gasteiger partial charge on any atom is 0.300 e. The molecule has 0 unspecified atom stereocenters. The Morgan fingerprint density at radius 3 is 2.43 bits per heavy atom. The van der Waals surface area contributed by atoms with Crippen molar-refractivity contribution in [2.24, 2.45) is 0 Å². The minimum atomic E-state index is -1.51. The van der Waals surface area contributed by atoms with E-state index in [1.165, 1.54) is 12.1 Å². The van der Waals surface area contributed by atoms with Gasteiger partial charge in [-0.2, -0.15) is 0 Å². The Morgan fingerprint density at radius 2 is 1.76 bits per heavy atom. The zero-order valence-corrected chi connectivity index (χ0v) is 11.7. The molecule has 0 radical (unpaired) electrons. The summed E-state index contributed by atoms with van der Waals surface area (Å²) in [6.07, 6.45) is 0. The van der Waals surface area contributed by atoms with Gasteiger partial charge in [0.1, 0.15) is 0 Å². The molecule has 0 spiro atoms. The van der Waals surface area contributed by atoms with Crippen LogP contribution in [0.1, 0.15) is 5.56 Å². The normalized spacial score (nSPS) is 12.4. The lowest BCUT2D eigenvalue weighted by Gasteiger charge is -2.03. The van der Waals surface area contributed by atoms with Crippen LogP contribution in [0.4, 0.5) is 5.69 Å². The molecule has 0 saturated heterocycles. The second-order valence-electron chi connectivity index (χ2n) is 4.38. The van der Waals surface area contributed by atoms with Crippen molar-refractivity contribution < 1.29 is 13.8 Å². The minimum absolute atomic E-state index is 0.00189. The zero-order chi connectivity index (χ0) is 15.0. The number of aromatic nitrogens is 2. The Balaban J connectivity index is 2.15. The highest BCUT2D eigenvalue weighted by molar-refractivity contribution is 7.85. The maximum atomic E-state index is 12.6. The zero-order valence-electron chi connectivity index (χ0n) is 10.8. The minimum Gasteiger partial charge on any atom is -0.258 e. The van der Waals surface area contributed by atoms with E-state index < -0.39 is 15.7 Å². The number of aryl methyl sites for hydroxylation is 1. The number of non-ortho nitro benzene ring substituents is 1. The lowest BCUT2D eigenvalue weighted by atomic mass is 10.2. The molecule has 7 nitrogen and oxygen atoms in total. The van der Waals surface area contributed by atoms with E-state index in [1.807, 2.05) is 19.1 Å². The first kappa shape index (κ1) is 13.4. The Kier molecular flexibility index (Phi) is 3.22. The molecule has 0 fully saturated rings. The van der Waals surface area contributed by atoms with Crippen molar-refractivity contribution in [3.8, 4) is 0 Å². The molecule has 3 aromatic rings. The van der Waals surface area contributed by atoms with Gasteiger partial charge in [0.15, 0.2) is 5.52 Å². The van der Waals surface area contributed by atoms with Gasteiger partial charge in [-0.3, -0.25) is 10.1 Å². The summed E-state index contributed by atoms with van der Waals surface area (Å²) in [5.41, 5.74) is 0.963. The Morgan fingerprint density at radius 1 is 1.10 bits per heavy atom. The molecule has 106 valence electrons. The van der Waals surface area contributed by atoms with Crippen LogP contribution >= 0.6 is 0 Å². The highest BCUT2D eigenvalue weighted by Gasteiger charge is 2.22. The third-order valence-electron chi connectivity index (χ3n) is 2.99. The van der Waals surface area contributed by atoms with E-state index in [-0.39, 0.29) is 16.7 Å². The van der Waals surface area contributed by atoms with Gasteiger partial charge in [-0.1, -0.05) is 17.7 Å². The monoisotopic (exact) mass is 303 g/mol. The molecule has 0 N–H and O–H groups in total. The molecule has 8 heteroatoms. The van der Waals surface area contributed by atoms with Gasteiger partial charge in [0.25, 0.3) is 0 Å². The van der Waals surface area contributed by atoms with Crippen LogP contribution in [0.5, 0.6) is 0 Å². The number of rotatable bonds is 3. The van der Waals surface area contributed by atoms with Crippen LogP contribution in [-0.2, 0) is 10.8 Å². The van der Waals surface area contributed by atoms with Crippen LogP contribution in [0, 0.1) is 17.0 Å². The van der Waals surface area contributed by atoms with E-state index in [2.05, 4.69) is 14.9 Å². The smallest absolute Gasteiger partial charge is 0.258 e. The first-order valence-corrected chi connectivity index (χ1v) is 7.11. The van der Waals surface area contributed by atoms with Crippen LogP contribution in [0.3, 0.4) is 0 Å². The van der Waals surface area contributed by atoms with E-state index in [9.17, 15) is 14.3 Å². The third kappa shape index (κ3) is 2.29. The Labute approximate surface area is 121 Å². The molecule has 0 aliphatic rings. The van der Waals surface area contributed by atoms with Crippen LogP contribution in [0.15, 0.2) is 50.8 Å². The van der Waals surface area contributed by atoms with E-state index >= 15 is 0 Å². The Hall–Kier alpha value is -2.61. The van der Waals surface area contributed by atoms with Crippen molar-refractivity contribution in [1.29, 1.82) is 0 Å². The average molecular weight is 303 g/mol. The van der Waals surface area contributed by atoms with Gasteiger partial charge in [-0.05, 0) is 35.4 Å². The molecule has 3 rings (SSSR count). The van der Waals surface area contributed by atoms with Gasteiger partial charge in [0.05, 0.1) is 20.6 Å². The van der Waals surface area contributed by atoms with Gasteiger partial charge in [-0.25, -0.2) is 8.84 Å². The quantitative estimate of drug-likeness (QED) is 0.544. The largest absolute Gasteiger partial charge is 0.300 e. The maximum absolute atomic E-state index is 12.6. The lowest BCUT2D eigenvalue weighted by Crippen LogP contribution is -1.97. The number of hydrogen-bond donors (Lipinski definition) is 0. The van der Waals surface area contributed by atoms with E-state index in [4.69, 9.17) is 0 Å². The third-order valence-corrected chi connectivity index (χ3v) is 4.42. The number of nitro groups is 1. The van der Waals surface area contributed by atoms with Gasteiger partial charge < -0.3 is 0 Å². The standard InChI is InChI=1S/C13H9N3O4S/c1-8-2-4-9(5-3-8)21(19)11-7-6-10(16(17)18)12-13(11)15-20-14-12/h2-7H,1H3/t21-/m1/s1. The summed E-state index contributed by atoms with van der Waals surface area (Å²) in [7, 11) is -1.51. The predicted molar refractivity (Wildman–Crippen MR) is 74.3 cm³/mol. The molecular weight excluding hydrogens is 294 g/mol. The van der Waals surface area contributed by atoms with Crippen LogP contribution < -0.4 is 0 Å². The van der Waals surface area contributed by atoms with Crippen molar-refractivity contribution in [2.75, 3.05) is 0 Å². The molecule has 0 amide bonds. The summed E-state index contributed by atoms with van der Waals surface area (Å²) in [6, 6.07) is 9.85. The lowest BCUT2D eigenvalue weighted by molar-refractivity contribution is -0.383. The molecule has 2 aromatic carbocycles. The van der Waals surface area contributed by atoms with Crippen molar-refractivity contribution >= 4 is 27.5 Å². The highest BCUT2D eigenvalue weighted by atomic mass is 32.2. The van der Waals surface area contributed by atoms with Crippen LogP contribution in [0.25, 0.3) is 11.0 Å². The molecule has 0 aliphatic heterocycles. The summed E-state index contributed by atoms with van der Waals surface area (Å²) in [4.78, 5) is 11.3. The summed E-state index contributed by atoms with van der Waals surface area (Å²) in [5.74, 6) is 0. The second kappa shape index (κ2) is 5.06. The number of nitrogens with zero attached hydrogens (tertiary/aromatic N) is 3. The number of hydrogen-bond acceptors (Lipinski definition) is 6. The molecular formula is C13H9N3O4S. The molecule has 21 heavy (non-hydrogen) atoms. The van der Waals surface area contributed by atoms with Gasteiger partial charge >= 0.3 is 5.69 Å². The molecule has 0 aliphatic carbocycles. The molecule has 1 aromatic heterocycles. The van der Waals surface area contributed by atoms with Crippen molar-refractivity contribution in [2.45, 2.75) is 16.7 Å². The van der Waals surface area contributed by atoms with Crippen molar-refractivity contribution in [3.63, 3.8) is 0 Å². The number of benzene rings is 2. The fourth-order valence-corrected chi connectivity index (χ4v) is 3.05. The van der Waals surface area contributed by atoms with Crippen molar-refractivity contribution in [3.05, 3.63) is 52.1 Å². The van der Waals surface area contributed by atoms with Crippen LogP contribution in [-0.4, -0.2) is 19.4 Å². The van der Waals surface area contributed by atoms with Crippen LogP contribution in [0.2, 0.25) is 0 Å². The van der Waals surface area contributed by atoms with E-state index in [0.29, 0.717) is 9.79 Å².